The molecule has 0 spiro atoms. The number of nitrogens with zero attached hydrogens (tertiary/aromatic N) is 1. The highest BCUT2D eigenvalue weighted by Gasteiger charge is 2.11. The molecule has 0 saturated carbocycles. The summed E-state index contributed by atoms with van der Waals surface area (Å²) in [6.45, 7) is 1.93. The van der Waals surface area contributed by atoms with E-state index in [4.69, 9.17) is 5.26 Å². The quantitative estimate of drug-likeness (QED) is 0.627. The van der Waals surface area contributed by atoms with Gasteiger partial charge in [-0.2, -0.15) is 5.26 Å². The number of nitrogens with one attached hydrogen (secondary N) is 2. The van der Waals surface area contributed by atoms with Crippen molar-refractivity contribution in [3.8, 4) is 6.07 Å². The second kappa shape index (κ2) is 5.95. The summed E-state index contributed by atoms with van der Waals surface area (Å²) in [6.07, 6.45) is 2.64. The maximum absolute atomic E-state index is 10.2. The van der Waals surface area contributed by atoms with E-state index in [0.29, 0.717) is 5.92 Å². The minimum absolute atomic E-state index is 0.0532. The Hall–Kier alpha value is -1.60. The van der Waals surface area contributed by atoms with Crippen molar-refractivity contribution in [2.24, 2.45) is 5.92 Å². The van der Waals surface area contributed by atoms with Gasteiger partial charge in [-0.1, -0.05) is 6.07 Å². The molecule has 1 aliphatic rings. The van der Waals surface area contributed by atoms with Crippen molar-refractivity contribution >= 4 is 0 Å². The van der Waals surface area contributed by atoms with Gasteiger partial charge in [-0.05, 0) is 19.0 Å². The van der Waals surface area contributed by atoms with Crippen LogP contribution in [0.1, 0.15) is 6.42 Å². The van der Waals surface area contributed by atoms with Crippen LogP contribution in [0.25, 0.3) is 0 Å². The molecule has 1 saturated heterocycles. The smallest absolute Gasteiger partial charge is 0.247 e. The van der Waals surface area contributed by atoms with E-state index in [0.717, 1.165) is 19.5 Å². The third kappa shape index (κ3) is 3.87. The Morgan fingerprint density at radius 3 is 2.64 bits per heavy atom. The van der Waals surface area contributed by atoms with Crippen molar-refractivity contribution in [2.75, 3.05) is 13.1 Å². The van der Waals surface area contributed by atoms with E-state index in [1.165, 1.54) is 6.07 Å². The van der Waals surface area contributed by atoms with Crippen molar-refractivity contribution in [3.05, 3.63) is 34.7 Å². The summed E-state index contributed by atoms with van der Waals surface area (Å²) in [5.41, 5.74) is -0.0532. The third-order valence-electron chi connectivity index (χ3n) is 1.92. The molecule has 0 bridgehead atoms. The minimum atomic E-state index is -0.0532. The van der Waals surface area contributed by atoms with Gasteiger partial charge in [0.2, 0.25) is 5.56 Å². The lowest BCUT2D eigenvalue weighted by atomic mass is 10.2. The van der Waals surface area contributed by atoms with E-state index in [1.54, 1.807) is 18.3 Å². The van der Waals surface area contributed by atoms with Crippen LogP contribution in [0.4, 0.5) is 0 Å². The van der Waals surface area contributed by atoms with Crippen molar-refractivity contribution < 1.29 is 0 Å². The number of aromatic amines is 1. The molecule has 0 aliphatic carbocycles. The molecule has 74 valence electrons. The van der Waals surface area contributed by atoms with Crippen molar-refractivity contribution in [1.82, 2.24) is 10.3 Å². The molecule has 0 amide bonds. The zero-order valence-electron chi connectivity index (χ0n) is 7.86. The molecule has 2 heterocycles. The van der Waals surface area contributed by atoms with Crippen LogP contribution in [-0.4, -0.2) is 18.1 Å². The molecule has 0 radical (unpaired) electrons. The molecule has 1 aromatic heterocycles. The monoisotopic (exact) mass is 191 g/mol. The van der Waals surface area contributed by atoms with Crippen molar-refractivity contribution in [3.63, 3.8) is 0 Å². The summed E-state index contributed by atoms with van der Waals surface area (Å²) in [7, 11) is 0. The van der Waals surface area contributed by atoms with E-state index in [-0.39, 0.29) is 5.56 Å². The SMILES string of the molecule is N#C[C@H]1CCNC1.O=c1cccc[nH]1. The van der Waals surface area contributed by atoms with Crippen molar-refractivity contribution in [2.45, 2.75) is 6.42 Å². The number of aromatic nitrogens is 1. The van der Waals surface area contributed by atoms with Gasteiger partial charge in [0.1, 0.15) is 0 Å². The van der Waals surface area contributed by atoms with E-state index >= 15 is 0 Å². The predicted octanol–water partition coefficient (Wildman–Crippen LogP) is 0.494. The summed E-state index contributed by atoms with van der Waals surface area (Å²) in [6, 6.07) is 7.13. The van der Waals surface area contributed by atoms with Gasteiger partial charge >= 0.3 is 0 Å². The fourth-order valence-electron chi connectivity index (χ4n) is 1.14. The van der Waals surface area contributed by atoms with Crippen molar-refractivity contribution in [1.29, 1.82) is 5.26 Å². The normalized spacial score (nSPS) is 19.2. The molecule has 0 aromatic carbocycles. The Bertz CT molecular complexity index is 329. The molecule has 0 unspecified atom stereocenters. The Kier molecular flexibility index (Phi) is 4.45. The molecule has 4 nitrogen and oxygen atoms in total. The van der Waals surface area contributed by atoms with Crippen LogP contribution in [0.2, 0.25) is 0 Å². The maximum Gasteiger partial charge on any atom is 0.247 e. The zero-order valence-corrected chi connectivity index (χ0v) is 7.86. The highest BCUT2D eigenvalue weighted by Crippen LogP contribution is 2.03. The maximum atomic E-state index is 10.2. The summed E-state index contributed by atoms with van der Waals surface area (Å²) in [5.74, 6) is 0.292. The van der Waals surface area contributed by atoms with Gasteiger partial charge in [0.05, 0.1) is 12.0 Å². The second-order valence-electron chi connectivity index (χ2n) is 3.05. The first-order valence-electron chi connectivity index (χ1n) is 4.57. The Morgan fingerprint density at radius 2 is 2.36 bits per heavy atom. The van der Waals surface area contributed by atoms with Crippen LogP contribution in [0.15, 0.2) is 29.2 Å². The first-order chi connectivity index (χ1) is 6.83. The molecule has 1 aliphatic heterocycles. The van der Waals surface area contributed by atoms with Gasteiger partial charge in [0.25, 0.3) is 0 Å². The second-order valence-corrected chi connectivity index (χ2v) is 3.05. The third-order valence-corrected chi connectivity index (χ3v) is 1.92. The lowest BCUT2D eigenvalue weighted by Crippen LogP contribution is -2.07. The molecule has 1 aromatic rings. The van der Waals surface area contributed by atoms with Crippen LogP contribution in [0.3, 0.4) is 0 Å². The predicted molar refractivity (Wildman–Crippen MR) is 53.7 cm³/mol. The van der Waals surface area contributed by atoms with E-state index in [9.17, 15) is 4.79 Å². The molecule has 2 N–H and O–H groups in total. The molecule has 14 heavy (non-hydrogen) atoms. The first-order valence-corrected chi connectivity index (χ1v) is 4.57. The topological polar surface area (TPSA) is 68.7 Å². The van der Waals surface area contributed by atoms with Gasteiger partial charge in [-0.3, -0.25) is 4.79 Å². The van der Waals surface area contributed by atoms with E-state index in [1.807, 2.05) is 0 Å². The van der Waals surface area contributed by atoms with E-state index in [2.05, 4.69) is 16.4 Å². The molecule has 1 fully saturated rings. The molecular formula is C10H13N3O. The Morgan fingerprint density at radius 1 is 1.50 bits per heavy atom. The van der Waals surface area contributed by atoms with Crippen LogP contribution < -0.4 is 10.9 Å². The van der Waals surface area contributed by atoms with Gasteiger partial charge < -0.3 is 10.3 Å². The number of hydrogen-bond acceptors (Lipinski definition) is 3. The average molecular weight is 191 g/mol. The van der Waals surface area contributed by atoms with Crippen LogP contribution in [-0.2, 0) is 0 Å². The number of H-pyrrole nitrogens is 1. The minimum Gasteiger partial charge on any atom is -0.329 e. The average Bonchev–Trinajstić information content (AvgIpc) is 2.72. The van der Waals surface area contributed by atoms with Gasteiger partial charge in [0, 0.05) is 18.8 Å². The van der Waals surface area contributed by atoms with Gasteiger partial charge in [-0.25, -0.2) is 0 Å². The fourth-order valence-corrected chi connectivity index (χ4v) is 1.14. The highest BCUT2D eigenvalue weighted by molar-refractivity contribution is 4.89. The van der Waals surface area contributed by atoms with Gasteiger partial charge in [0.15, 0.2) is 0 Å². The Labute approximate surface area is 82.6 Å². The summed E-state index contributed by atoms with van der Waals surface area (Å²) >= 11 is 0. The highest BCUT2D eigenvalue weighted by atomic mass is 16.1. The number of nitriles is 1. The lowest BCUT2D eigenvalue weighted by Gasteiger charge is -1.87. The lowest BCUT2D eigenvalue weighted by molar-refractivity contribution is 0.743. The van der Waals surface area contributed by atoms with Gasteiger partial charge in [-0.15, -0.1) is 0 Å². The molecular weight excluding hydrogens is 178 g/mol. The molecule has 2 rings (SSSR count). The number of hydrogen-bond donors (Lipinski definition) is 2. The zero-order chi connectivity index (χ0) is 10.2. The largest absolute Gasteiger partial charge is 0.329 e. The van der Waals surface area contributed by atoms with Crippen LogP contribution in [0.5, 0.6) is 0 Å². The molecule has 4 heteroatoms. The summed E-state index contributed by atoms with van der Waals surface area (Å²) < 4.78 is 0. The van der Waals surface area contributed by atoms with Crippen LogP contribution >= 0.6 is 0 Å². The summed E-state index contributed by atoms with van der Waals surface area (Å²) in [5, 5.41) is 11.4. The fraction of sp³-hybridized carbons (Fsp3) is 0.400. The number of pyridine rings is 1. The molecule has 1 atom stereocenters. The van der Waals surface area contributed by atoms with E-state index < -0.39 is 0 Å². The number of rotatable bonds is 0. The first kappa shape index (κ1) is 10.5. The Balaban J connectivity index is 0.000000140. The summed E-state index contributed by atoms with van der Waals surface area (Å²) in [4.78, 5) is 12.7. The standard InChI is InChI=1S/C5H8N2.C5H5NO/c6-3-5-1-2-7-4-5;7-5-3-1-2-4-6-5/h5,7H,1-2,4H2;1-4H,(H,6,7)/t5-;/m1./s1. The van der Waals surface area contributed by atoms with Crippen LogP contribution in [0, 0.1) is 17.2 Å².